The van der Waals surface area contributed by atoms with E-state index in [0.717, 1.165) is 28.2 Å². The van der Waals surface area contributed by atoms with Gasteiger partial charge in [0.05, 0.1) is 5.52 Å². The summed E-state index contributed by atoms with van der Waals surface area (Å²) < 4.78 is 1.63. The first kappa shape index (κ1) is 18.1. The number of benzene rings is 1. The van der Waals surface area contributed by atoms with E-state index in [0.29, 0.717) is 17.3 Å². The van der Waals surface area contributed by atoms with Crippen molar-refractivity contribution in [3.05, 3.63) is 21.1 Å². The van der Waals surface area contributed by atoms with E-state index in [2.05, 4.69) is 54.0 Å². The topological polar surface area (TPSA) is 77.8 Å². The highest BCUT2D eigenvalue weighted by molar-refractivity contribution is 9.11. The van der Waals surface area contributed by atoms with Gasteiger partial charge in [-0.1, -0.05) is 48.5 Å². The van der Waals surface area contributed by atoms with Gasteiger partial charge in [0.2, 0.25) is 5.88 Å². The Morgan fingerprint density at radius 3 is 2.70 bits per heavy atom. The Hall–Kier alpha value is -1.21. The van der Waals surface area contributed by atoms with Gasteiger partial charge in [-0.2, -0.15) is 0 Å². The molecular formula is C16H19Br2N3O2. The number of hydrogen-bond donors (Lipinski definition) is 2. The van der Waals surface area contributed by atoms with Gasteiger partial charge in [-0.3, -0.25) is 4.79 Å². The van der Waals surface area contributed by atoms with E-state index in [1.807, 2.05) is 12.1 Å². The highest BCUT2D eigenvalue weighted by Gasteiger charge is 2.14. The second-order valence-electron chi connectivity index (χ2n) is 5.39. The van der Waals surface area contributed by atoms with Crippen molar-refractivity contribution in [1.29, 1.82) is 0 Å². The van der Waals surface area contributed by atoms with Crippen molar-refractivity contribution >= 4 is 54.4 Å². The number of nitrogens with one attached hydrogen (secondary N) is 1. The number of hydrogen-bond acceptors (Lipinski definition) is 3. The van der Waals surface area contributed by atoms with Crippen LogP contribution >= 0.6 is 31.9 Å². The summed E-state index contributed by atoms with van der Waals surface area (Å²) in [6.45, 7) is 2.16. The van der Waals surface area contributed by atoms with Crippen molar-refractivity contribution in [2.45, 2.75) is 45.4 Å². The summed E-state index contributed by atoms with van der Waals surface area (Å²) in [7, 11) is 0. The largest absolute Gasteiger partial charge is 0.493 e. The van der Waals surface area contributed by atoms with Crippen LogP contribution in [0.3, 0.4) is 0 Å². The molecule has 2 N–H and O–H groups in total. The number of halogens is 2. The van der Waals surface area contributed by atoms with Gasteiger partial charge >= 0.3 is 0 Å². The van der Waals surface area contributed by atoms with Crippen LogP contribution in [0.5, 0.6) is 5.88 Å². The molecule has 0 aliphatic heterocycles. The molecule has 1 aromatic heterocycles. The van der Waals surface area contributed by atoms with Gasteiger partial charge in [0.25, 0.3) is 5.91 Å². The highest BCUT2D eigenvalue weighted by Crippen LogP contribution is 2.40. The van der Waals surface area contributed by atoms with Crippen molar-refractivity contribution in [1.82, 2.24) is 4.98 Å². The fourth-order valence-electron chi connectivity index (χ4n) is 2.33. The van der Waals surface area contributed by atoms with Crippen LogP contribution in [0.4, 0.5) is 5.69 Å². The number of carbonyl (C=O) groups excluding carboxylic acids is 1. The molecule has 0 aliphatic carbocycles. The second kappa shape index (κ2) is 8.59. The van der Waals surface area contributed by atoms with Crippen molar-refractivity contribution < 1.29 is 9.90 Å². The Balaban J connectivity index is 2.06. The lowest BCUT2D eigenvalue weighted by atomic mass is 10.1. The normalized spacial score (nSPS) is 11.6. The monoisotopic (exact) mass is 443 g/mol. The molecule has 1 aromatic carbocycles. The molecule has 0 bridgehead atoms. The van der Waals surface area contributed by atoms with E-state index >= 15 is 0 Å². The molecule has 0 radical (unpaired) electrons. The van der Waals surface area contributed by atoms with Crippen LogP contribution in [0.15, 0.2) is 31.3 Å². The number of rotatable bonds is 7. The standard InChI is InChI=1S/C16H19Br2N3O2/c1-2-3-4-5-6-7-13(22)20-21-15-11-8-10(17)9-12(18)14(11)19-16(15)23/h8-9,19,23H,2-7H2,1H3. The number of H-pyrrole nitrogens is 1. The number of aromatic amines is 1. The fourth-order valence-corrected chi connectivity index (χ4v) is 3.65. The number of azo groups is 1. The Kier molecular flexibility index (Phi) is 6.77. The van der Waals surface area contributed by atoms with Crippen molar-refractivity contribution in [2.75, 3.05) is 0 Å². The van der Waals surface area contributed by atoms with Crippen LogP contribution in [-0.4, -0.2) is 16.0 Å². The predicted molar refractivity (Wildman–Crippen MR) is 98.3 cm³/mol. The third-order valence-corrected chi connectivity index (χ3v) is 4.62. The number of nitrogens with zero attached hydrogens (tertiary/aromatic N) is 2. The van der Waals surface area contributed by atoms with E-state index in [4.69, 9.17) is 0 Å². The average molecular weight is 445 g/mol. The molecule has 2 rings (SSSR count). The molecule has 2 aromatic rings. The Labute approximate surface area is 151 Å². The minimum Gasteiger partial charge on any atom is -0.493 e. The van der Waals surface area contributed by atoms with Gasteiger partial charge in [-0.25, -0.2) is 0 Å². The molecule has 1 heterocycles. The Morgan fingerprint density at radius 2 is 1.96 bits per heavy atom. The van der Waals surface area contributed by atoms with Crippen LogP contribution < -0.4 is 0 Å². The van der Waals surface area contributed by atoms with E-state index in [1.54, 1.807) is 0 Å². The SMILES string of the molecule is CCCCCCCC(=O)N=Nc1c(O)[nH]c2c(Br)cc(Br)cc12. The predicted octanol–water partition coefficient (Wildman–Crippen LogP) is 6.37. The molecule has 0 fully saturated rings. The molecule has 1 amide bonds. The first-order valence-corrected chi connectivity index (χ1v) is 9.25. The molecule has 0 saturated heterocycles. The number of aromatic nitrogens is 1. The zero-order valence-electron chi connectivity index (χ0n) is 12.9. The minimum atomic E-state index is -0.260. The summed E-state index contributed by atoms with van der Waals surface area (Å²) in [6, 6.07) is 3.68. The van der Waals surface area contributed by atoms with E-state index in [9.17, 15) is 9.90 Å². The molecule has 7 heteroatoms. The van der Waals surface area contributed by atoms with E-state index in [1.165, 1.54) is 12.8 Å². The molecule has 5 nitrogen and oxygen atoms in total. The molecule has 0 spiro atoms. The van der Waals surface area contributed by atoms with Crippen molar-refractivity contribution in [2.24, 2.45) is 10.2 Å². The minimum absolute atomic E-state index is 0.0988. The lowest BCUT2D eigenvalue weighted by molar-refractivity contribution is -0.118. The highest BCUT2D eigenvalue weighted by atomic mass is 79.9. The summed E-state index contributed by atoms with van der Waals surface area (Å²) in [5, 5.41) is 18.4. The first-order valence-electron chi connectivity index (χ1n) is 7.67. The van der Waals surface area contributed by atoms with Gasteiger partial charge in [0, 0.05) is 20.8 Å². The van der Waals surface area contributed by atoms with Gasteiger partial charge in [-0.05, 0) is 34.5 Å². The zero-order valence-corrected chi connectivity index (χ0v) is 16.1. The molecule has 0 aliphatic rings. The van der Waals surface area contributed by atoms with Crippen molar-refractivity contribution in [3.8, 4) is 5.88 Å². The lowest BCUT2D eigenvalue weighted by Gasteiger charge is -1.97. The summed E-state index contributed by atoms with van der Waals surface area (Å²) >= 11 is 6.82. The van der Waals surface area contributed by atoms with Crippen LogP contribution in [-0.2, 0) is 4.79 Å². The molecule has 0 unspecified atom stereocenters. The molecule has 124 valence electrons. The van der Waals surface area contributed by atoms with Crippen LogP contribution in [0.1, 0.15) is 45.4 Å². The van der Waals surface area contributed by atoms with Gasteiger partial charge < -0.3 is 10.1 Å². The fraction of sp³-hybridized carbons (Fsp3) is 0.438. The average Bonchev–Trinajstić information content (AvgIpc) is 2.81. The number of fused-ring (bicyclic) bond motifs is 1. The lowest BCUT2D eigenvalue weighted by Crippen LogP contribution is -1.91. The summed E-state index contributed by atoms with van der Waals surface area (Å²) in [5.41, 5.74) is 0.994. The van der Waals surface area contributed by atoms with Gasteiger partial charge in [0.1, 0.15) is 0 Å². The number of amides is 1. The smallest absolute Gasteiger partial charge is 0.264 e. The molecule has 0 saturated carbocycles. The van der Waals surface area contributed by atoms with Crippen molar-refractivity contribution in [3.63, 3.8) is 0 Å². The summed E-state index contributed by atoms with van der Waals surface area (Å²) in [4.78, 5) is 14.6. The van der Waals surface area contributed by atoms with Gasteiger partial charge in [-0.15, -0.1) is 10.2 Å². The summed E-state index contributed by atoms with van der Waals surface area (Å²) in [6.07, 6.45) is 5.78. The number of unbranched alkanes of at least 4 members (excludes halogenated alkanes) is 4. The zero-order chi connectivity index (χ0) is 16.8. The third kappa shape index (κ3) is 4.88. The van der Waals surface area contributed by atoms with Crippen LogP contribution in [0, 0.1) is 0 Å². The van der Waals surface area contributed by atoms with Gasteiger partial charge in [0.15, 0.2) is 5.69 Å². The maximum atomic E-state index is 11.8. The Bertz CT molecular complexity index is 726. The van der Waals surface area contributed by atoms with Crippen LogP contribution in [0.2, 0.25) is 0 Å². The number of aromatic hydroxyl groups is 1. The molecule has 23 heavy (non-hydrogen) atoms. The molecular weight excluding hydrogens is 426 g/mol. The quantitative estimate of drug-likeness (QED) is 0.384. The summed E-state index contributed by atoms with van der Waals surface area (Å²) in [5.74, 6) is -0.359. The molecule has 0 atom stereocenters. The third-order valence-electron chi connectivity index (χ3n) is 3.53. The van der Waals surface area contributed by atoms with Crippen LogP contribution in [0.25, 0.3) is 10.9 Å². The second-order valence-corrected chi connectivity index (χ2v) is 7.16. The maximum absolute atomic E-state index is 11.8. The maximum Gasteiger partial charge on any atom is 0.264 e. The van der Waals surface area contributed by atoms with E-state index in [-0.39, 0.29) is 17.5 Å². The first-order chi connectivity index (χ1) is 11.0. The van der Waals surface area contributed by atoms with E-state index < -0.39 is 0 Å². The Morgan fingerprint density at radius 1 is 1.22 bits per heavy atom. The number of carbonyl (C=O) groups is 1.